The highest BCUT2D eigenvalue weighted by Gasteiger charge is 2.41. The first-order chi connectivity index (χ1) is 12.7. The quantitative estimate of drug-likeness (QED) is 0.547. The lowest BCUT2D eigenvalue weighted by molar-refractivity contribution is 0.0687. The number of hydrogen-bond donors (Lipinski definition) is 2. The van der Waals surface area contributed by atoms with Crippen LogP contribution in [0.3, 0.4) is 0 Å². The molecule has 0 aliphatic rings. The van der Waals surface area contributed by atoms with Crippen LogP contribution >= 0.6 is 0 Å². The summed E-state index contributed by atoms with van der Waals surface area (Å²) in [5.74, 6) is 2.59. The second-order valence-electron chi connectivity index (χ2n) is 7.57. The Hall–Kier alpha value is -2.59. The molecule has 0 bridgehead atoms. The first-order valence-corrected chi connectivity index (χ1v) is 11.4. The highest BCUT2D eigenvalue weighted by atomic mass is 28.3. The number of benzene rings is 1. The lowest BCUT2D eigenvalue weighted by Crippen LogP contribution is -2.43. The van der Waals surface area contributed by atoms with Gasteiger partial charge in [0.2, 0.25) is 5.69 Å². The minimum atomic E-state index is -1.82. The molecule has 27 heavy (non-hydrogen) atoms. The first kappa shape index (κ1) is 20.7. The topological polar surface area (TPSA) is 88.1 Å². The maximum atomic E-state index is 11.1. The monoisotopic (exact) mass is 385 g/mol. The summed E-state index contributed by atoms with van der Waals surface area (Å²) >= 11 is 0. The fourth-order valence-corrected chi connectivity index (χ4v) is 9.02. The minimum Gasteiger partial charge on any atom is -0.476 e. The van der Waals surface area contributed by atoms with Gasteiger partial charge in [-0.2, -0.15) is 0 Å². The van der Waals surface area contributed by atoms with Gasteiger partial charge in [0.05, 0.1) is 0 Å². The molecule has 0 aliphatic heterocycles. The van der Waals surface area contributed by atoms with E-state index in [1.54, 1.807) is 12.1 Å². The van der Waals surface area contributed by atoms with E-state index < -0.39 is 14.0 Å². The zero-order chi connectivity index (χ0) is 20.2. The lowest BCUT2D eigenvalue weighted by atomic mass is 10.2. The maximum Gasteiger partial charge on any atom is 0.359 e. The van der Waals surface area contributed by atoms with Crippen molar-refractivity contribution in [1.29, 1.82) is 0 Å². The molecule has 0 aliphatic carbocycles. The molecule has 2 rings (SSSR count). The van der Waals surface area contributed by atoms with E-state index in [1.165, 1.54) is 0 Å². The van der Waals surface area contributed by atoms with Crippen molar-refractivity contribution in [3.8, 4) is 23.1 Å². The number of ether oxygens (including phenoxy) is 1. The van der Waals surface area contributed by atoms with E-state index in [1.807, 2.05) is 12.1 Å². The maximum absolute atomic E-state index is 11.1. The van der Waals surface area contributed by atoms with Crippen LogP contribution in [0.15, 0.2) is 24.3 Å². The largest absolute Gasteiger partial charge is 0.476 e. The molecule has 0 amide bonds. The van der Waals surface area contributed by atoms with E-state index in [0.29, 0.717) is 22.4 Å². The van der Waals surface area contributed by atoms with E-state index in [4.69, 9.17) is 9.84 Å². The molecule has 0 saturated heterocycles. The fraction of sp³-hybridized carbons (Fsp3) is 0.450. The molecule has 144 valence electrons. The van der Waals surface area contributed by atoms with Crippen molar-refractivity contribution in [2.24, 2.45) is 0 Å². The Bertz CT molecular complexity index is 841. The number of aromatic amines is 1. The van der Waals surface area contributed by atoms with E-state index in [2.05, 4.69) is 68.4 Å². The van der Waals surface area contributed by atoms with Gasteiger partial charge in [-0.05, 0) is 34.8 Å². The smallest absolute Gasteiger partial charge is 0.359 e. The van der Waals surface area contributed by atoms with E-state index in [9.17, 15) is 4.79 Å². The van der Waals surface area contributed by atoms with Gasteiger partial charge in [0.25, 0.3) is 5.88 Å². The number of carboxylic acid groups (broad SMARTS) is 1. The third-order valence-corrected chi connectivity index (χ3v) is 11.4. The molecular weight excluding hydrogens is 358 g/mol. The van der Waals surface area contributed by atoms with Gasteiger partial charge in [0.15, 0.2) is 0 Å². The number of nitrogens with one attached hydrogen (secondary N) is 1. The molecular formula is C20H27N3O3Si. The number of carbonyl (C=O) groups is 1. The Morgan fingerprint density at radius 3 is 2.33 bits per heavy atom. The summed E-state index contributed by atoms with van der Waals surface area (Å²) in [6.45, 7) is 13.7. The van der Waals surface area contributed by atoms with Crippen LogP contribution in [0.2, 0.25) is 16.6 Å². The molecule has 7 heteroatoms. The van der Waals surface area contributed by atoms with Gasteiger partial charge in [-0.1, -0.05) is 63.8 Å². The van der Waals surface area contributed by atoms with Crippen molar-refractivity contribution in [2.75, 3.05) is 0 Å². The molecule has 0 radical (unpaired) electrons. The van der Waals surface area contributed by atoms with Gasteiger partial charge in [-0.15, -0.1) is 5.54 Å². The number of carboxylic acids is 1. The average molecular weight is 386 g/mol. The fourth-order valence-electron chi connectivity index (χ4n) is 3.79. The van der Waals surface area contributed by atoms with Crippen LogP contribution in [0.1, 0.15) is 57.6 Å². The first-order valence-electron chi connectivity index (χ1n) is 9.13. The minimum absolute atomic E-state index is 0.0668. The van der Waals surface area contributed by atoms with E-state index >= 15 is 0 Å². The molecule has 1 heterocycles. The Kier molecular flexibility index (Phi) is 6.44. The molecule has 1 aromatic carbocycles. The standard InChI is InChI=1S/C20H27N3O3Si/c1-13(2)27(14(3)4,15(5)6)11-10-16-8-7-9-17(12-16)26-19-18(20(24)25)21-23-22-19/h7-9,12-15H,1-6H3,(H,24,25)(H,21,22,23). The molecule has 0 saturated carbocycles. The van der Waals surface area contributed by atoms with Crippen LogP contribution in [0, 0.1) is 11.5 Å². The summed E-state index contributed by atoms with van der Waals surface area (Å²) in [6, 6.07) is 7.31. The van der Waals surface area contributed by atoms with Crippen LogP contribution in [-0.2, 0) is 0 Å². The normalized spacial score (nSPS) is 11.6. The number of nitrogens with zero attached hydrogens (tertiary/aromatic N) is 2. The number of aromatic carboxylic acids is 1. The number of rotatable bonds is 6. The zero-order valence-electron chi connectivity index (χ0n) is 16.7. The molecule has 6 nitrogen and oxygen atoms in total. The molecule has 0 atom stereocenters. The number of H-pyrrole nitrogens is 1. The Morgan fingerprint density at radius 2 is 1.78 bits per heavy atom. The van der Waals surface area contributed by atoms with Crippen LogP contribution in [0.5, 0.6) is 11.6 Å². The summed E-state index contributed by atoms with van der Waals surface area (Å²) in [6.07, 6.45) is 0. The molecule has 0 unspecified atom stereocenters. The lowest BCUT2D eigenvalue weighted by Gasteiger charge is -2.38. The predicted molar refractivity (Wildman–Crippen MR) is 108 cm³/mol. The van der Waals surface area contributed by atoms with E-state index in [-0.39, 0.29) is 11.6 Å². The van der Waals surface area contributed by atoms with Crippen molar-refractivity contribution in [1.82, 2.24) is 15.4 Å². The Balaban J connectivity index is 2.34. The van der Waals surface area contributed by atoms with Gasteiger partial charge < -0.3 is 9.84 Å². The Morgan fingerprint density at radius 1 is 1.15 bits per heavy atom. The van der Waals surface area contributed by atoms with Crippen molar-refractivity contribution in [3.05, 3.63) is 35.5 Å². The second kappa shape index (κ2) is 8.40. The predicted octanol–water partition coefficient (Wildman–Crippen LogP) is 4.86. The third-order valence-electron chi connectivity index (χ3n) is 5.07. The van der Waals surface area contributed by atoms with Crippen molar-refractivity contribution >= 4 is 14.0 Å². The van der Waals surface area contributed by atoms with E-state index in [0.717, 1.165) is 5.56 Å². The van der Waals surface area contributed by atoms with Gasteiger partial charge >= 0.3 is 5.97 Å². The molecule has 2 aromatic rings. The van der Waals surface area contributed by atoms with Gasteiger partial charge in [-0.3, -0.25) is 0 Å². The molecule has 0 fully saturated rings. The third kappa shape index (κ3) is 4.39. The summed E-state index contributed by atoms with van der Waals surface area (Å²) in [4.78, 5) is 11.1. The van der Waals surface area contributed by atoms with Gasteiger partial charge in [0.1, 0.15) is 13.8 Å². The summed E-state index contributed by atoms with van der Waals surface area (Å²) in [7, 11) is -1.82. The second-order valence-corrected chi connectivity index (χ2v) is 13.2. The van der Waals surface area contributed by atoms with Crippen molar-refractivity contribution < 1.29 is 14.6 Å². The summed E-state index contributed by atoms with van der Waals surface area (Å²) in [5, 5.41) is 18.6. The highest BCUT2D eigenvalue weighted by Crippen LogP contribution is 2.40. The zero-order valence-corrected chi connectivity index (χ0v) is 17.7. The average Bonchev–Trinajstić information content (AvgIpc) is 3.03. The van der Waals surface area contributed by atoms with Gasteiger partial charge in [0, 0.05) is 5.56 Å². The molecule has 0 spiro atoms. The molecule has 1 aromatic heterocycles. The Labute approximate surface area is 161 Å². The highest BCUT2D eigenvalue weighted by molar-refractivity contribution is 6.90. The SMILES string of the molecule is CC(C)[Si](C#Cc1cccc(Oc2nn[nH]c2C(=O)O)c1)(C(C)C)C(C)C. The van der Waals surface area contributed by atoms with Crippen molar-refractivity contribution in [2.45, 2.75) is 58.2 Å². The van der Waals surface area contributed by atoms with Gasteiger partial charge in [-0.25, -0.2) is 9.89 Å². The van der Waals surface area contributed by atoms with Crippen LogP contribution < -0.4 is 4.74 Å². The van der Waals surface area contributed by atoms with Crippen LogP contribution in [0.4, 0.5) is 0 Å². The molecule has 2 N–H and O–H groups in total. The number of aromatic nitrogens is 3. The van der Waals surface area contributed by atoms with Crippen LogP contribution in [0.25, 0.3) is 0 Å². The number of hydrogen-bond acceptors (Lipinski definition) is 4. The summed E-state index contributed by atoms with van der Waals surface area (Å²) in [5.41, 5.74) is 5.99. The van der Waals surface area contributed by atoms with Crippen LogP contribution in [-0.4, -0.2) is 34.6 Å². The summed E-state index contributed by atoms with van der Waals surface area (Å²) < 4.78 is 5.58. The van der Waals surface area contributed by atoms with Crippen molar-refractivity contribution in [3.63, 3.8) is 0 Å².